The fourth-order valence-electron chi connectivity index (χ4n) is 1.86. The average molecular weight is 362 g/mol. The molecule has 0 unspecified atom stereocenters. The number of carbonyl (C=O) groups excluding carboxylic acids is 1. The van der Waals surface area contributed by atoms with Gasteiger partial charge in [-0.3, -0.25) is 4.79 Å². The Morgan fingerprint density at radius 3 is 2.86 bits per heavy atom. The van der Waals surface area contributed by atoms with Crippen molar-refractivity contribution < 1.29 is 9.53 Å². The molecule has 0 spiro atoms. The van der Waals surface area contributed by atoms with Crippen LogP contribution in [0.15, 0.2) is 39.6 Å². The number of hydrogen-bond donors (Lipinski definition) is 0. The third kappa shape index (κ3) is 3.40. The van der Waals surface area contributed by atoms with E-state index in [2.05, 4.69) is 21.0 Å². The number of esters is 1. The fraction of sp³-hybridized carbons (Fsp3) is 0.200. The number of rotatable bonds is 4. The normalized spacial score (nSPS) is 10.0. The predicted molar refractivity (Wildman–Crippen MR) is 83.2 cm³/mol. The molecule has 0 aliphatic rings. The molecule has 7 heteroatoms. The lowest BCUT2D eigenvalue weighted by atomic mass is 10.1. The number of aromatic nitrogens is 2. The first-order valence-electron chi connectivity index (χ1n) is 6.49. The highest BCUT2D eigenvalue weighted by Gasteiger charge is 2.17. The quantitative estimate of drug-likeness (QED) is 0.780. The van der Waals surface area contributed by atoms with E-state index < -0.39 is 11.5 Å². The molecule has 0 amide bonds. The highest BCUT2D eigenvalue weighted by molar-refractivity contribution is 9.10. The minimum Gasteiger partial charge on any atom is -0.462 e. The van der Waals surface area contributed by atoms with Gasteiger partial charge < -0.3 is 4.74 Å². The summed E-state index contributed by atoms with van der Waals surface area (Å²) in [6.07, 6.45) is 0. The Bertz CT molecular complexity index is 808. The lowest BCUT2D eigenvalue weighted by Crippen LogP contribution is -2.29. The molecule has 0 bridgehead atoms. The summed E-state index contributed by atoms with van der Waals surface area (Å²) in [4.78, 5) is 24.1. The molecule has 22 heavy (non-hydrogen) atoms. The van der Waals surface area contributed by atoms with Gasteiger partial charge in [0.1, 0.15) is 12.1 Å². The zero-order chi connectivity index (χ0) is 16.1. The van der Waals surface area contributed by atoms with Crippen LogP contribution in [0.5, 0.6) is 0 Å². The van der Waals surface area contributed by atoms with Gasteiger partial charge in [0.25, 0.3) is 5.56 Å². The van der Waals surface area contributed by atoms with Crippen molar-refractivity contribution in [2.45, 2.75) is 13.5 Å². The van der Waals surface area contributed by atoms with E-state index >= 15 is 0 Å². The SMILES string of the molecule is CCOC(=O)c1cc(-c2cccc(Br)c2)nn(CC#N)c1=O. The summed E-state index contributed by atoms with van der Waals surface area (Å²) in [5, 5.41) is 12.9. The van der Waals surface area contributed by atoms with Crippen LogP contribution in [-0.4, -0.2) is 22.4 Å². The Labute approximate surface area is 135 Å². The van der Waals surface area contributed by atoms with Crippen molar-refractivity contribution >= 4 is 21.9 Å². The van der Waals surface area contributed by atoms with Crippen LogP contribution in [0.1, 0.15) is 17.3 Å². The number of ether oxygens (including phenoxy) is 1. The van der Waals surface area contributed by atoms with Gasteiger partial charge in [0.15, 0.2) is 0 Å². The maximum atomic E-state index is 12.2. The predicted octanol–water partition coefficient (Wildman–Crippen LogP) is 2.37. The fourth-order valence-corrected chi connectivity index (χ4v) is 2.26. The number of halogens is 1. The van der Waals surface area contributed by atoms with E-state index in [4.69, 9.17) is 10.00 Å². The topological polar surface area (TPSA) is 85.0 Å². The zero-order valence-electron chi connectivity index (χ0n) is 11.7. The van der Waals surface area contributed by atoms with Gasteiger partial charge in [-0.25, -0.2) is 9.48 Å². The first-order valence-corrected chi connectivity index (χ1v) is 7.28. The summed E-state index contributed by atoms with van der Waals surface area (Å²) >= 11 is 3.36. The highest BCUT2D eigenvalue weighted by atomic mass is 79.9. The minimum absolute atomic E-state index is 0.137. The molecule has 0 saturated carbocycles. The number of nitriles is 1. The lowest BCUT2D eigenvalue weighted by molar-refractivity contribution is 0.0523. The van der Waals surface area contributed by atoms with Crippen molar-refractivity contribution in [1.82, 2.24) is 9.78 Å². The maximum absolute atomic E-state index is 12.2. The molecule has 112 valence electrons. The molecular weight excluding hydrogens is 350 g/mol. The third-order valence-electron chi connectivity index (χ3n) is 2.81. The van der Waals surface area contributed by atoms with Crippen molar-refractivity contribution in [3.8, 4) is 17.3 Å². The smallest absolute Gasteiger partial charge is 0.343 e. The van der Waals surface area contributed by atoms with Gasteiger partial charge in [0.2, 0.25) is 0 Å². The van der Waals surface area contributed by atoms with Gasteiger partial charge in [-0.05, 0) is 25.1 Å². The van der Waals surface area contributed by atoms with E-state index in [0.29, 0.717) is 11.3 Å². The van der Waals surface area contributed by atoms with Gasteiger partial charge in [0, 0.05) is 10.0 Å². The van der Waals surface area contributed by atoms with Gasteiger partial charge in [0.05, 0.1) is 18.4 Å². The number of hydrogen-bond acceptors (Lipinski definition) is 5. The second kappa shape index (κ2) is 7.00. The van der Waals surface area contributed by atoms with Gasteiger partial charge in [-0.1, -0.05) is 28.1 Å². The van der Waals surface area contributed by atoms with E-state index in [9.17, 15) is 9.59 Å². The molecule has 0 radical (unpaired) electrons. The Morgan fingerprint density at radius 2 is 2.23 bits per heavy atom. The van der Waals surface area contributed by atoms with Crippen LogP contribution < -0.4 is 5.56 Å². The van der Waals surface area contributed by atoms with E-state index in [1.807, 2.05) is 18.2 Å². The number of benzene rings is 1. The minimum atomic E-state index is -0.724. The molecule has 2 aromatic rings. The number of carbonyl (C=O) groups is 1. The van der Waals surface area contributed by atoms with E-state index in [1.54, 1.807) is 19.1 Å². The van der Waals surface area contributed by atoms with Crippen LogP contribution in [0.4, 0.5) is 0 Å². The summed E-state index contributed by atoms with van der Waals surface area (Å²) < 4.78 is 6.68. The highest BCUT2D eigenvalue weighted by Crippen LogP contribution is 2.21. The Hall–Kier alpha value is -2.46. The molecule has 0 fully saturated rings. The summed E-state index contributed by atoms with van der Waals surface area (Å²) in [7, 11) is 0. The van der Waals surface area contributed by atoms with Crippen LogP contribution in [0.25, 0.3) is 11.3 Å². The molecule has 0 aliphatic carbocycles. The molecule has 0 atom stereocenters. The zero-order valence-corrected chi connectivity index (χ0v) is 13.3. The summed E-state index contributed by atoms with van der Waals surface area (Å²) in [6, 6.07) is 10.5. The average Bonchev–Trinajstić information content (AvgIpc) is 2.49. The monoisotopic (exact) mass is 361 g/mol. The molecule has 1 aromatic carbocycles. The maximum Gasteiger partial charge on any atom is 0.343 e. The van der Waals surface area contributed by atoms with Crippen LogP contribution in [0.3, 0.4) is 0 Å². The van der Waals surface area contributed by atoms with Crippen molar-refractivity contribution in [1.29, 1.82) is 5.26 Å². The van der Waals surface area contributed by atoms with E-state index in [1.165, 1.54) is 6.07 Å². The second-order valence-corrected chi connectivity index (χ2v) is 5.21. The molecule has 1 aromatic heterocycles. The first kappa shape index (κ1) is 15.9. The Balaban J connectivity index is 2.63. The molecule has 0 N–H and O–H groups in total. The van der Waals surface area contributed by atoms with E-state index in [-0.39, 0.29) is 18.7 Å². The van der Waals surface area contributed by atoms with Crippen molar-refractivity contribution in [3.05, 3.63) is 50.7 Å². The van der Waals surface area contributed by atoms with Gasteiger partial charge >= 0.3 is 5.97 Å². The second-order valence-electron chi connectivity index (χ2n) is 4.29. The summed E-state index contributed by atoms with van der Waals surface area (Å²) in [5.41, 5.74) is 0.353. The van der Waals surface area contributed by atoms with E-state index in [0.717, 1.165) is 9.15 Å². The largest absolute Gasteiger partial charge is 0.462 e. The van der Waals surface area contributed by atoms with Crippen LogP contribution >= 0.6 is 15.9 Å². The molecule has 0 saturated heterocycles. The summed E-state index contributed by atoms with van der Waals surface area (Å²) in [6.45, 7) is 1.57. The molecule has 6 nitrogen and oxygen atoms in total. The Kier molecular flexibility index (Phi) is 5.07. The third-order valence-corrected chi connectivity index (χ3v) is 3.30. The van der Waals surface area contributed by atoms with Gasteiger partial charge in [-0.15, -0.1) is 0 Å². The van der Waals surface area contributed by atoms with Crippen molar-refractivity contribution in [2.24, 2.45) is 0 Å². The Morgan fingerprint density at radius 1 is 1.45 bits per heavy atom. The summed E-state index contributed by atoms with van der Waals surface area (Å²) in [5.74, 6) is -0.724. The van der Waals surface area contributed by atoms with Crippen LogP contribution in [0.2, 0.25) is 0 Å². The molecule has 1 heterocycles. The number of nitrogens with zero attached hydrogens (tertiary/aromatic N) is 3. The standard InChI is InChI=1S/C15H12BrN3O3/c1-2-22-15(21)12-9-13(10-4-3-5-11(16)8-10)18-19(7-6-17)14(12)20/h3-5,8-9H,2,7H2,1H3. The lowest BCUT2D eigenvalue weighted by Gasteiger charge is -2.08. The molecular formula is C15H12BrN3O3. The molecule has 0 aliphatic heterocycles. The van der Waals surface area contributed by atoms with Crippen molar-refractivity contribution in [3.63, 3.8) is 0 Å². The van der Waals surface area contributed by atoms with Crippen molar-refractivity contribution in [2.75, 3.05) is 6.61 Å². The van der Waals surface area contributed by atoms with Gasteiger partial charge in [-0.2, -0.15) is 10.4 Å². The molecule has 2 rings (SSSR count). The van der Waals surface area contributed by atoms with Crippen LogP contribution in [-0.2, 0) is 11.3 Å². The van der Waals surface area contributed by atoms with Crippen LogP contribution in [0, 0.1) is 11.3 Å². The first-order chi connectivity index (χ1) is 10.6.